The van der Waals surface area contributed by atoms with E-state index in [0.717, 1.165) is 31.5 Å². The summed E-state index contributed by atoms with van der Waals surface area (Å²) in [7, 11) is 0. The van der Waals surface area contributed by atoms with E-state index in [1.807, 2.05) is 18.2 Å². The molecule has 0 radical (unpaired) electrons. The predicted molar refractivity (Wildman–Crippen MR) is 119 cm³/mol. The summed E-state index contributed by atoms with van der Waals surface area (Å²) in [5, 5.41) is 12.5. The number of halogens is 1. The first-order chi connectivity index (χ1) is 15.1. The molecule has 2 atom stereocenters. The number of carbonyl (C=O) groups is 2. The number of alkyl halides is 1. The highest BCUT2D eigenvalue weighted by molar-refractivity contribution is 7.99. The summed E-state index contributed by atoms with van der Waals surface area (Å²) in [6, 6.07) is 8.78. The molecule has 7 nitrogen and oxygen atoms in total. The summed E-state index contributed by atoms with van der Waals surface area (Å²) in [4.78, 5) is 33.2. The Hall–Kier alpha value is -2.86. The number of nitrogens with zero attached hydrogens (tertiary/aromatic N) is 4. The number of hydrogen-bond acceptors (Lipinski definition) is 6. The number of nitriles is 1. The highest BCUT2D eigenvalue weighted by Crippen LogP contribution is 2.29. The molecule has 9 heteroatoms. The first-order valence-corrected chi connectivity index (χ1v) is 11.5. The van der Waals surface area contributed by atoms with Crippen molar-refractivity contribution in [2.45, 2.75) is 31.3 Å². The number of piperidine rings is 1. The molecule has 2 unspecified atom stereocenters. The number of benzene rings is 1. The number of nitrogens with one attached hydrogen (secondary N) is 1. The van der Waals surface area contributed by atoms with E-state index in [2.05, 4.69) is 21.3 Å². The van der Waals surface area contributed by atoms with Crippen LogP contribution in [-0.2, 0) is 4.79 Å². The van der Waals surface area contributed by atoms with Crippen LogP contribution in [0, 0.1) is 11.3 Å². The molecule has 0 spiro atoms. The largest absolute Gasteiger partial charge is 0.366 e. The van der Waals surface area contributed by atoms with Gasteiger partial charge in [0.1, 0.15) is 12.7 Å². The molecule has 1 aromatic heterocycles. The fourth-order valence-electron chi connectivity index (χ4n) is 4.16. The van der Waals surface area contributed by atoms with Gasteiger partial charge in [-0.15, -0.1) is 11.8 Å². The van der Waals surface area contributed by atoms with E-state index in [9.17, 15) is 14.0 Å². The maximum absolute atomic E-state index is 13.5. The lowest BCUT2D eigenvalue weighted by molar-refractivity contribution is -0.129. The Morgan fingerprint density at radius 2 is 2.19 bits per heavy atom. The minimum absolute atomic E-state index is 0.149. The molecule has 1 aromatic carbocycles. The zero-order valence-electron chi connectivity index (χ0n) is 17.1. The van der Waals surface area contributed by atoms with Gasteiger partial charge < -0.3 is 15.1 Å². The molecule has 0 aliphatic carbocycles. The number of thioether (sulfide) groups is 1. The minimum Gasteiger partial charge on any atom is -0.366 e. The molecule has 0 saturated carbocycles. The zero-order chi connectivity index (χ0) is 21.8. The van der Waals surface area contributed by atoms with Crippen LogP contribution in [0.5, 0.6) is 0 Å². The SMILES string of the molecule is N#CC1CSCN1C(=O)CNC(=O)c1ccnc2ccc(N3CCCCC3CF)cc12. The molecular formula is C22H24FN5O2S. The molecule has 2 saturated heterocycles. The van der Waals surface area contributed by atoms with Gasteiger partial charge in [0.2, 0.25) is 5.91 Å². The van der Waals surface area contributed by atoms with E-state index < -0.39 is 12.7 Å². The first kappa shape index (κ1) is 21.4. The average molecular weight is 442 g/mol. The van der Waals surface area contributed by atoms with E-state index in [1.165, 1.54) is 16.7 Å². The van der Waals surface area contributed by atoms with Crippen molar-refractivity contribution in [1.29, 1.82) is 5.26 Å². The number of amides is 2. The zero-order valence-corrected chi connectivity index (χ0v) is 17.9. The monoisotopic (exact) mass is 441 g/mol. The van der Waals surface area contributed by atoms with Crippen molar-refractivity contribution >= 4 is 40.2 Å². The van der Waals surface area contributed by atoms with Crippen LogP contribution in [-0.4, -0.2) is 65.2 Å². The fourth-order valence-corrected chi connectivity index (χ4v) is 5.26. The Labute approximate surface area is 184 Å². The number of hydrogen-bond donors (Lipinski definition) is 1. The van der Waals surface area contributed by atoms with Gasteiger partial charge in [0.25, 0.3) is 5.91 Å². The van der Waals surface area contributed by atoms with Gasteiger partial charge in [-0.1, -0.05) is 0 Å². The van der Waals surface area contributed by atoms with E-state index >= 15 is 0 Å². The molecule has 2 fully saturated rings. The summed E-state index contributed by atoms with van der Waals surface area (Å²) in [6.07, 6.45) is 4.40. The van der Waals surface area contributed by atoms with Gasteiger partial charge in [-0.25, -0.2) is 4.39 Å². The van der Waals surface area contributed by atoms with Crippen molar-refractivity contribution in [3.8, 4) is 6.07 Å². The van der Waals surface area contributed by atoms with Gasteiger partial charge >= 0.3 is 0 Å². The van der Waals surface area contributed by atoms with Gasteiger partial charge in [0.05, 0.1) is 35.6 Å². The van der Waals surface area contributed by atoms with Crippen LogP contribution in [0.4, 0.5) is 10.1 Å². The van der Waals surface area contributed by atoms with Gasteiger partial charge in [0.15, 0.2) is 0 Å². The first-order valence-electron chi connectivity index (χ1n) is 10.4. The maximum atomic E-state index is 13.5. The van der Waals surface area contributed by atoms with Crippen LogP contribution >= 0.6 is 11.8 Å². The van der Waals surface area contributed by atoms with Crippen LogP contribution in [0.15, 0.2) is 30.5 Å². The molecule has 2 amide bonds. The van der Waals surface area contributed by atoms with Crippen molar-refractivity contribution in [3.63, 3.8) is 0 Å². The maximum Gasteiger partial charge on any atom is 0.252 e. The quantitative estimate of drug-likeness (QED) is 0.768. The summed E-state index contributed by atoms with van der Waals surface area (Å²) >= 11 is 1.52. The second kappa shape index (κ2) is 9.52. The van der Waals surface area contributed by atoms with Crippen molar-refractivity contribution < 1.29 is 14.0 Å². The average Bonchev–Trinajstić information content (AvgIpc) is 3.30. The smallest absolute Gasteiger partial charge is 0.252 e. The molecule has 31 heavy (non-hydrogen) atoms. The Morgan fingerprint density at radius 1 is 1.32 bits per heavy atom. The molecule has 2 aliphatic rings. The molecule has 1 N–H and O–H groups in total. The number of carbonyl (C=O) groups excluding carboxylic acids is 2. The lowest BCUT2D eigenvalue weighted by atomic mass is 10.0. The third-order valence-corrected chi connectivity index (χ3v) is 6.87. The number of aromatic nitrogens is 1. The Bertz CT molecular complexity index is 1030. The van der Waals surface area contributed by atoms with Gasteiger partial charge in [-0.2, -0.15) is 5.26 Å². The van der Waals surface area contributed by atoms with Crippen LogP contribution in [0.25, 0.3) is 10.9 Å². The second-order valence-electron chi connectivity index (χ2n) is 7.75. The van der Waals surface area contributed by atoms with E-state index in [-0.39, 0.29) is 24.4 Å². The van der Waals surface area contributed by atoms with Crippen molar-refractivity contribution in [1.82, 2.24) is 15.2 Å². The Kier molecular flexibility index (Phi) is 6.56. The topological polar surface area (TPSA) is 89.3 Å². The summed E-state index contributed by atoms with van der Waals surface area (Å²) in [6.45, 7) is 0.209. The number of fused-ring (bicyclic) bond motifs is 1. The standard InChI is InChI=1S/C22H24FN5O2S/c23-10-16-3-1-2-8-27(16)15-4-5-20-19(9-15)18(6-7-25-20)22(30)26-12-21(29)28-14-31-13-17(28)11-24/h4-7,9,16-17H,1-3,8,10,12-14H2,(H,26,30). The van der Waals surface area contributed by atoms with E-state index in [1.54, 1.807) is 12.3 Å². The van der Waals surface area contributed by atoms with Crippen LogP contribution in [0.1, 0.15) is 29.6 Å². The van der Waals surface area contributed by atoms with E-state index in [4.69, 9.17) is 5.26 Å². The van der Waals surface area contributed by atoms with E-state index in [0.29, 0.717) is 28.1 Å². The Morgan fingerprint density at radius 3 is 3.00 bits per heavy atom. The summed E-state index contributed by atoms with van der Waals surface area (Å²) < 4.78 is 13.5. The molecule has 3 heterocycles. The van der Waals surface area contributed by atoms with Crippen molar-refractivity contribution in [3.05, 3.63) is 36.0 Å². The normalized spacial score (nSPS) is 21.2. The molecule has 4 rings (SSSR count). The van der Waals surface area contributed by atoms with Crippen molar-refractivity contribution in [2.75, 3.05) is 36.3 Å². The third kappa shape index (κ3) is 4.44. The van der Waals surface area contributed by atoms with Gasteiger partial charge in [-0.05, 0) is 43.5 Å². The third-order valence-electron chi connectivity index (χ3n) is 5.86. The fraction of sp³-hybridized carbons (Fsp3) is 0.455. The highest BCUT2D eigenvalue weighted by Gasteiger charge is 2.29. The summed E-state index contributed by atoms with van der Waals surface area (Å²) in [5.74, 6) is 0.395. The van der Waals surface area contributed by atoms with Gasteiger partial charge in [-0.3, -0.25) is 14.6 Å². The predicted octanol–water partition coefficient (Wildman–Crippen LogP) is 2.72. The Balaban J connectivity index is 1.53. The molecule has 0 bridgehead atoms. The molecule has 2 aromatic rings. The van der Waals surface area contributed by atoms with Crippen LogP contribution in [0.3, 0.4) is 0 Å². The number of anilines is 1. The van der Waals surface area contributed by atoms with Crippen LogP contribution in [0.2, 0.25) is 0 Å². The van der Waals surface area contributed by atoms with Crippen molar-refractivity contribution in [2.24, 2.45) is 0 Å². The molecular weight excluding hydrogens is 417 g/mol. The van der Waals surface area contributed by atoms with Gasteiger partial charge in [0, 0.05) is 29.6 Å². The lowest BCUT2D eigenvalue weighted by Gasteiger charge is -2.36. The minimum atomic E-state index is -0.452. The molecule has 162 valence electrons. The summed E-state index contributed by atoms with van der Waals surface area (Å²) in [5.41, 5.74) is 1.96. The molecule has 2 aliphatic heterocycles. The second-order valence-corrected chi connectivity index (χ2v) is 8.75. The lowest BCUT2D eigenvalue weighted by Crippen LogP contribution is -2.42. The van der Waals surface area contributed by atoms with Crippen LogP contribution < -0.4 is 10.2 Å². The number of pyridine rings is 1. The highest BCUT2D eigenvalue weighted by atomic mass is 32.2. The number of rotatable bonds is 5.